The molecule has 2 atom stereocenters. The first-order chi connectivity index (χ1) is 6.81. The zero-order valence-electron chi connectivity index (χ0n) is 10.3. The normalized spacial score (nSPS) is 19.1. The van der Waals surface area contributed by atoms with Crippen LogP contribution in [0.5, 0.6) is 0 Å². The maximum absolute atomic E-state index is 11.8. The van der Waals surface area contributed by atoms with Gasteiger partial charge in [-0.05, 0) is 26.7 Å². The molecule has 0 spiro atoms. The summed E-state index contributed by atoms with van der Waals surface area (Å²) in [6, 6.07) is 0. The van der Waals surface area contributed by atoms with Gasteiger partial charge in [-0.25, -0.2) is 0 Å². The van der Waals surface area contributed by atoms with Crippen LogP contribution < -0.4 is 11.1 Å². The number of nitrogens with one attached hydrogen (secondary N) is 1. The van der Waals surface area contributed by atoms with Crippen LogP contribution in [0.2, 0.25) is 0 Å². The molecule has 0 saturated heterocycles. The predicted octanol–water partition coefficient (Wildman–Crippen LogP) is 0.639. The van der Waals surface area contributed by atoms with Crippen LogP contribution in [0.4, 0.5) is 0 Å². The number of rotatable bonds is 6. The van der Waals surface area contributed by atoms with Crippen LogP contribution in [0.3, 0.4) is 0 Å². The van der Waals surface area contributed by atoms with E-state index in [1.807, 2.05) is 20.8 Å². The first-order valence-electron chi connectivity index (χ1n) is 5.52. The van der Waals surface area contributed by atoms with Gasteiger partial charge in [-0.2, -0.15) is 0 Å². The van der Waals surface area contributed by atoms with Gasteiger partial charge in [0, 0.05) is 13.1 Å². The van der Waals surface area contributed by atoms with Crippen molar-refractivity contribution in [2.75, 3.05) is 13.1 Å². The molecule has 0 aliphatic heterocycles. The highest BCUT2D eigenvalue weighted by molar-refractivity contribution is 5.82. The lowest BCUT2D eigenvalue weighted by Gasteiger charge is -2.28. The summed E-state index contributed by atoms with van der Waals surface area (Å²) >= 11 is 0. The first kappa shape index (κ1) is 14.4. The molecule has 0 saturated carbocycles. The molecule has 0 rings (SSSR count). The highest BCUT2D eigenvalue weighted by Crippen LogP contribution is 2.19. The fourth-order valence-corrected chi connectivity index (χ4v) is 1.01. The molecule has 4 N–H and O–H groups in total. The van der Waals surface area contributed by atoms with Gasteiger partial charge in [0.2, 0.25) is 5.91 Å². The van der Waals surface area contributed by atoms with Gasteiger partial charge in [-0.15, -0.1) is 0 Å². The third-order valence-corrected chi connectivity index (χ3v) is 3.17. The van der Waals surface area contributed by atoms with Crippen LogP contribution in [-0.2, 0) is 4.79 Å². The fourth-order valence-electron chi connectivity index (χ4n) is 1.01. The zero-order valence-corrected chi connectivity index (χ0v) is 10.3. The summed E-state index contributed by atoms with van der Waals surface area (Å²) < 4.78 is 0. The molecule has 0 radical (unpaired) electrons. The molecule has 0 aromatic carbocycles. The number of hydrogen-bond donors (Lipinski definition) is 3. The van der Waals surface area contributed by atoms with Gasteiger partial charge in [0.1, 0.15) is 0 Å². The maximum atomic E-state index is 11.8. The Hall–Kier alpha value is -0.610. The molecule has 0 heterocycles. The van der Waals surface area contributed by atoms with E-state index in [0.29, 0.717) is 19.4 Å². The van der Waals surface area contributed by atoms with Crippen LogP contribution in [-0.4, -0.2) is 29.7 Å². The van der Waals surface area contributed by atoms with Crippen molar-refractivity contribution in [3.05, 3.63) is 0 Å². The molecule has 0 aromatic rings. The number of aliphatic hydroxyl groups is 1. The summed E-state index contributed by atoms with van der Waals surface area (Å²) in [5.41, 5.74) is 4.21. The fraction of sp³-hybridized carbons (Fsp3) is 0.909. The van der Waals surface area contributed by atoms with Crippen molar-refractivity contribution in [2.24, 2.45) is 11.1 Å². The van der Waals surface area contributed by atoms with Gasteiger partial charge in [-0.3, -0.25) is 4.79 Å². The summed E-state index contributed by atoms with van der Waals surface area (Å²) in [6.45, 7) is 7.96. The highest BCUT2D eigenvalue weighted by Gasteiger charge is 2.30. The van der Waals surface area contributed by atoms with Gasteiger partial charge < -0.3 is 16.2 Å². The second kappa shape index (κ2) is 5.47. The minimum Gasteiger partial charge on any atom is -0.388 e. The zero-order chi connectivity index (χ0) is 12.1. The third-order valence-electron chi connectivity index (χ3n) is 3.17. The summed E-state index contributed by atoms with van der Waals surface area (Å²) in [5, 5.41) is 12.5. The van der Waals surface area contributed by atoms with E-state index >= 15 is 0 Å². The van der Waals surface area contributed by atoms with E-state index in [1.165, 1.54) is 0 Å². The third kappa shape index (κ3) is 4.18. The SMILES string of the molecule is CCC(C)(O)CNC(=O)C(C)(CC)CN. The van der Waals surface area contributed by atoms with Crippen molar-refractivity contribution in [1.29, 1.82) is 0 Å². The van der Waals surface area contributed by atoms with Crippen LogP contribution in [0, 0.1) is 5.41 Å². The average molecular weight is 216 g/mol. The minimum absolute atomic E-state index is 0.0822. The van der Waals surface area contributed by atoms with E-state index < -0.39 is 11.0 Å². The molecule has 1 amide bonds. The first-order valence-corrected chi connectivity index (χ1v) is 5.52. The second-order valence-electron chi connectivity index (χ2n) is 4.65. The van der Waals surface area contributed by atoms with E-state index in [1.54, 1.807) is 6.92 Å². The molecule has 0 aliphatic rings. The Morgan fingerprint density at radius 2 is 1.87 bits per heavy atom. The number of nitrogens with two attached hydrogens (primary N) is 1. The number of carbonyl (C=O) groups excluding carboxylic acids is 1. The van der Waals surface area contributed by atoms with Gasteiger partial charge in [0.15, 0.2) is 0 Å². The molecule has 4 heteroatoms. The molecular weight excluding hydrogens is 192 g/mol. The summed E-state index contributed by atoms with van der Waals surface area (Å²) in [5.74, 6) is -0.0822. The summed E-state index contributed by atoms with van der Waals surface area (Å²) in [7, 11) is 0. The summed E-state index contributed by atoms with van der Waals surface area (Å²) in [6.07, 6.45) is 1.31. The van der Waals surface area contributed by atoms with Crippen molar-refractivity contribution in [3.8, 4) is 0 Å². The van der Waals surface area contributed by atoms with Gasteiger partial charge in [0.25, 0.3) is 0 Å². The van der Waals surface area contributed by atoms with Gasteiger partial charge in [0.05, 0.1) is 11.0 Å². The van der Waals surface area contributed by atoms with Crippen LogP contribution in [0.25, 0.3) is 0 Å². The van der Waals surface area contributed by atoms with Gasteiger partial charge >= 0.3 is 0 Å². The molecule has 4 nitrogen and oxygen atoms in total. The van der Waals surface area contributed by atoms with Gasteiger partial charge in [-0.1, -0.05) is 13.8 Å². The molecule has 0 aliphatic carbocycles. The average Bonchev–Trinajstić information content (AvgIpc) is 2.24. The van der Waals surface area contributed by atoms with E-state index in [2.05, 4.69) is 5.32 Å². The van der Waals surface area contributed by atoms with Crippen molar-refractivity contribution >= 4 is 5.91 Å². The smallest absolute Gasteiger partial charge is 0.227 e. The molecular formula is C11H24N2O2. The lowest BCUT2D eigenvalue weighted by molar-refractivity contribution is -0.131. The van der Waals surface area contributed by atoms with E-state index in [0.717, 1.165) is 0 Å². The molecule has 90 valence electrons. The van der Waals surface area contributed by atoms with Crippen LogP contribution in [0.15, 0.2) is 0 Å². The topological polar surface area (TPSA) is 75.3 Å². The van der Waals surface area contributed by atoms with Crippen molar-refractivity contribution in [2.45, 2.75) is 46.1 Å². The molecule has 2 unspecified atom stereocenters. The van der Waals surface area contributed by atoms with Crippen LogP contribution in [0.1, 0.15) is 40.5 Å². The largest absolute Gasteiger partial charge is 0.388 e. The second-order valence-corrected chi connectivity index (χ2v) is 4.65. The Morgan fingerprint density at radius 1 is 1.33 bits per heavy atom. The Kier molecular flexibility index (Phi) is 5.24. The quantitative estimate of drug-likeness (QED) is 0.610. The predicted molar refractivity (Wildman–Crippen MR) is 61.4 cm³/mol. The van der Waals surface area contributed by atoms with Crippen molar-refractivity contribution in [1.82, 2.24) is 5.32 Å². The number of carbonyl (C=O) groups is 1. The van der Waals surface area contributed by atoms with Crippen molar-refractivity contribution in [3.63, 3.8) is 0 Å². The van der Waals surface area contributed by atoms with E-state index in [4.69, 9.17) is 5.73 Å². The maximum Gasteiger partial charge on any atom is 0.227 e. The minimum atomic E-state index is -0.834. The monoisotopic (exact) mass is 216 g/mol. The van der Waals surface area contributed by atoms with E-state index in [-0.39, 0.29) is 12.5 Å². The van der Waals surface area contributed by atoms with Crippen molar-refractivity contribution < 1.29 is 9.90 Å². The molecule has 15 heavy (non-hydrogen) atoms. The lowest BCUT2D eigenvalue weighted by Crippen LogP contribution is -2.48. The molecule has 0 aromatic heterocycles. The van der Waals surface area contributed by atoms with Crippen LogP contribution >= 0.6 is 0 Å². The molecule has 0 fully saturated rings. The Bertz CT molecular complexity index is 211. The number of amides is 1. The number of hydrogen-bond acceptors (Lipinski definition) is 3. The Balaban J connectivity index is 4.26. The summed E-state index contributed by atoms with van der Waals surface area (Å²) in [4.78, 5) is 11.8. The highest BCUT2D eigenvalue weighted by atomic mass is 16.3. The Labute approximate surface area is 92.2 Å². The Morgan fingerprint density at radius 3 is 2.20 bits per heavy atom. The van der Waals surface area contributed by atoms with E-state index in [9.17, 15) is 9.90 Å². The standard InChI is InChI=1S/C11H24N2O2/c1-5-10(3,7-12)9(14)13-8-11(4,15)6-2/h15H,5-8,12H2,1-4H3,(H,13,14). The lowest BCUT2D eigenvalue weighted by atomic mass is 9.86. The molecule has 0 bridgehead atoms.